The second-order valence-electron chi connectivity index (χ2n) is 6.17. The fraction of sp³-hybridized carbons (Fsp3) is 0. The molecule has 0 unspecified atom stereocenters. The summed E-state index contributed by atoms with van der Waals surface area (Å²) >= 11 is 0. The van der Waals surface area contributed by atoms with Crippen LogP contribution in [0.3, 0.4) is 0 Å². The molecule has 1 aromatic heterocycles. The minimum atomic E-state index is 0.00786. The fourth-order valence-electron chi connectivity index (χ4n) is 3.06. The van der Waals surface area contributed by atoms with E-state index in [0.29, 0.717) is 5.56 Å². The molecule has 128 valence electrons. The van der Waals surface area contributed by atoms with Crippen LogP contribution >= 0.6 is 0 Å². The van der Waals surface area contributed by atoms with Gasteiger partial charge < -0.3 is 20.3 Å². The second kappa shape index (κ2) is 6.33. The summed E-state index contributed by atoms with van der Waals surface area (Å²) in [5.74, 6) is 0.211. The highest BCUT2D eigenvalue weighted by atomic mass is 16.3. The van der Waals surface area contributed by atoms with Gasteiger partial charge in [-0.3, -0.25) is 0 Å². The number of nitrogens with one attached hydrogen (secondary N) is 1. The molecule has 0 aliphatic rings. The van der Waals surface area contributed by atoms with Crippen molar-refractivity contribution < 1.29 is 15.3 Å². The molecule has 0 aliphatic heterocycles. The zero-order valence-corrected chi connectivity index (χ0v) is 13.8. The lowest BCUT2D eigenvalue weighted by Crippen LogP contribution is -1.84. The van der Waals surface area contributed by atoms with Crippen LogP contribution in [0.15, 0.2) is 66.9 Å². The Kier molecular flexibility index (Phi) is 3.86. The maximum atomic E-state index is 9.93. The second-order valence-corrected chi connectivity index (χ2v) is 6.17. The van der Waals surface area contributed by atoms with Gasteiger partial charge in [0, 0.05) is 17.8 Å². The number of hydrogen-bond acceptors (Lipinski definition) is 3. The van der Waals surface area contributed by atoms with Gasteiger partial charge in [0.1, 0.15) is 17.2 Å². The molecule has 4 aromatic rings. The summed E-state index contributed by atoms with van der Waals surface area (Å²) in [4.78, 5) is 3.17. The molecule has 0 radical (unpaired) electrons. The van der Waals surface area contributed by atoms with Crippen molar-refractivity contribution in [3.05, 3.63) is 78.0 Å². The monoisotopic (exact) mass is 343 g/mol. The third kappa shape index (κ3) is 3.13. The highest BCUT2D eigenvalue weighted by Gasteiger charge is 2.06. The van der Waals surface area contributed by atoms with Crippen LogP contribution in [0.4, 0.5) is 0 Å². The summed E-state index contributed by atoms with van der Waals surface area (Å²) in [5, 5.41) is 30.3. The summed E-state index contributed by atoms with van der Waals surface area (Å²) in [7, 11) is 0. The van der Waals surface area contributed by atoms with Crippen molar-refractivity contribution >= 4 is 23.1 Å². The first-order valence-electron chi connectivity index (χ1n) is 8.20. The Labute approximate surface area is 150 Å². The normalized spacial score (nSPS) is 11.4. The number of H-pyrrole nitrogens is 1. The Balaban J connectivity index is 1.78. The lowest BCUT2D eigenvalue weighted by molar-refractivity contribution is 0.450. The van der Waals surface area contributed by atoms with Crippen molar-refractivity contribution in [3.8, 4) is 28.4 Å². The van der Waals surface area contributed by atoms with E-state index in [1.807, 2.05) is 42.6 Å². The first-order valence-corrected chi connectivity index (χ1v) is 8.20. The molecule has 4 nitrogen and oxygen atoms in total. The molecule has 0 atom stereocenters. The number of benzene rings is 3. The Morgan fingerprint density at radius 2 is 1.50 bits per heavy atom. The van der Waals surface area contributed by atoms with Gasteiger partial charge in [0.05, 0.1) is 0 Å². The van der Waals surface area contributed by atoms with Crippen LogP contribution in [0.5, 0.6) is 17.2 Å². The van der Waals surface area contributed by atoms with Crippen molar-refractivity contribution in [2.24, 2.45) is 0 Å². The van der Waals surface area contributed by atoms with Crippen LogP contribution < -0.4 is 0 Å². The number of aromatic hydroxyl groups is 3. The topological polar surface area (TPSA) is 76.5 Å². The third-order valence-electron chi connectivity index (χ3n) is 4.28. The van der Waals surface area contributed by atoms with Crippen LogP contribution in [0.2, 0.25) is 0 Å². The van der Waals surface area contributed by atoms with Gasteiger partial charge in [-0.05, 0) is 70.1 Å². The molecule has 0 fully saturated rings. The van der Waals surface area contributed by atoms with Gasteiger partial charge in [0.15, 0.2) is 0 Å². The van der Waals surface area contributed by atoms with Gasteiger partial charge in [-0.25, -0.2) is 0 Å². The van der Waals surface area contributed by atoms with E-state index < -0.39 is 0 Å². The summed E-state index contributed by atoms with van der Waals surface area (Å²) in [6.07, 6.45) is 5.60. The molecule has 0 saturated carbocycles. The quantitative estimate of drug-likeness (QED) is 0.390. The number of aromatic nitrogens is 1. The van der Waals surface area contributed by atoms with Crippen molar-refractivity contribution in [1.82, 2.24) is 4.98 Å². The predicted molar refractivity (Wildman–Crippen MR) is 104 cm³/mol. The van der Waals surface area contributed by atoms with E-state index in [2.05, 4.69) is 11.1 Å². The average Bonchev–Trinajstić information content (AvgIpc) is 3.07. The Morgan fingerprint density at radius 1 is 0.692 bits per heavy atom. The molecule has 26 heavy (non-hydrogen) atoms. The first kappa shape index (κ1) is 15.8. The van der Waals surface area contributed by atoms with Crippen LogP contribution in [-0.4, -0.2) is 20.3 Å². The van der Waals surface area contributed by atoms with Crippen molar-refractivity contribution in [3.63, 3.8) is 0 Å². The van der Waals surface area contributed by atoms with E-state index in [0.717, 1.165) is 27.6 Å². The van der Waals surface area contributed by atoms with E-state index in [4.69, 9.17) is 0 Å². The zero-order chi connectivity index (χ0) is 18.1. The lowest BCUT2D eigenvalue weighted by Gasteiger charge is -2.08. The van der Waals surface area contributed by atoms with Gasteiger partial charge in [-0.2, -0.15) is 0 Å². The molecule has 0 aliphatic carbocycles. The van der Waals surface area contributed by atoms with Crippen LogP contribution in [0.25, 0.3) is 34.2 Å². The largest absolute Gasteiger partial charge is 0.508 e. The predicted octanol–water partition coefficient (Wildman–Crippen LogP) is 5.12. The molecule has 0 saturated heterocycles. The molecular formula is C22H17NO3. The zero-order valence-electron chi connectivity index (χ0n) is 13.8. The van der Waals surface area contributed by atoms with Crippen molar-refractivity contribution in [1.29, 1.82) is 0 Å². The summed E-state index contributed by atoms with van der Waals surface area (Å²) in [5.41, 5.74) is 4.55. The highest BCUT2D eigenvalue weighted by molar-refractivity contribution is 5.88. The number of aromatic amines is 1. The van der Waals surface area contributed by atoms with Crippen molar-refractivity contribution in [2.75, 3.05) is 0 Å². The minimum Gasteiger partial charge on any atom is -0.508 e. The summed E-state index contributed by atoms with van der Waals surface area (Å²) < 4.78 is 0. The molecule has 4 heteroatoms. The molecule has 4 N–H and O–H groups in total. The number of phenolic OH excluding ortho intramolecular Hbond substituents is 3. The molecule has 1 heterocycles. The first-order chi connectivity index (χ1) is 12.6. The van der Waals surface area contributed by atoms with Gasteiger partial charge in [-0.15, -0.1) is 0 Å². The van der Waals surface area contributed by atoms with E-state index in [9.17, 15) is 15.3 Å². The Hall–Kier alpha value is -3.66. The molecule has 0 amide bonds. The Morgan fingerprint density at radius 3 is 2.31 bits per heavy atom. The summed E-state index contributed by atoms with van der Waals surface area (Å²) in [6.45, 7) is 0. The van der Waals surface area contributed by atoms with Crippen molar-refractivity contribution in [2.45, 2.75) is 0 Å². The number of phenols is 3. The van der Waals surface area contributed by atoms with E-state index >= 15 is 0 Å². The van der Waals surface area contributed by atoms with E-state index in [1.54, 1.807) is 24.3 Å². The molecule has 3 aromatic carbocycles. The minimum absolute atomic E-state index is 0.00786. The maximum Gasteiger partial charge on any atom is 0.119 e. The van der Waals surface area contributed by atoms with Gasteiger partial charge in [-0.1, -0.05) is 24.3 Å². The standard InChI is InChI=1S/C22H17NO3/c24-18-5-3-15(2-1-14-9-19(25)12-20(26)10-14)21(13-18)16-4-6-22-17(11-16)7-8-23-22/h1-13,23-26H. The molecule has 0 spiro atoms. The summed E-state index contributed by atoms with van der Waals surface area (Å²) in [6, 6.07) is 17.7. The fourth-order valence-corrected chi connectivity index (χ4v) is 3.06. The Bertz CT molecular complexity index is 1110. The number of rotatable bonds is 3. The van der Waals surface area contributed by atoms with Gasteiger partial charge >= 0.3 is 0 Å². The highest BCUT2D eigenvalue weighted by Crippen LogP contribution is 2.31. The van der Waals surface area contributed by atoms with Gasteiger partial charge in [0.2, 0.25) is 0 Å². The van der Waals surface area contributed by atoms with Crippen LogP contribution in [0.1, 0.15) is 11.1 Å². The van der Waals surface area contributed by atoms with Crippen LogP contribution in [-0.2, 0) is 0 Å². The molecule has 0 bridgehead atoms. The number of hydrogen-bond donors (Lipinski definition) is 4. The lowest BCUT2D eigenvalue weighted by atomic mass is 9.97. The van der Waals surface area contributed by atoms with Gasteiger partial charge in [0.25, 0.3) is 0 Å². The number of fused-ring (bicyclic) bond motifs is 1. The maximum absolute atomic E-state index is 9.93. The SMILES string of the molecule is Oc1cc(O)cc(C=Cc2ccc(O)cc2-c2ccc3[nH]ccc3c2)c1. The van der Waals surface area contributed by atoms with E-state index in [-0.39, 0.29) is 17.2 Å². The molecular weight excluding hydrogens is 326 g/mol. The smallest absolute Gasteiger partial charge is 0.119 e. The third-order valence-corrected chi connectivity index (χ3v) is 4.28. The van der Waals surface area contributed by atoms with Crippen LogP contribution in [0, 0.1) is 0 Å². The average molecular weight is 343 g/mol. The molecule has 4 rings (SSSR count). The van der Waals surface area contributed by atoms with E-state index in [1.165, 1.54) is 6.07 Å².